The number of thiazole rings is 1. The van der Waals surface area contributed by atoms with Crippen LogP contribution in [0.15, 0.2) is 5.38 Å². The van der Waals surface area contributed by atoms with Crippen molar-refractivity contribution in [3.63, 3.8) is 0 Å². The molecule has 6 heteroatoms. The van der Waals surface area contributed by atoms with Gasteiger partial charge in [0.05, 0.1) is 25.7 Å². The van der Waals surface area contributed by atoms with E-state index in [-0.39, 0.29) is 17.9 Å². The van der Waals surface area contributed by atoms with E-state index in [0.717, 1.165) is 23.7 Å². The summed E-state index contributed by atoms with van der Waals surface area (Å²) in [6.45, 7) is 6.62. The molecule has 1 amide bonds. The van der Waals surface area contributed by atoms with Crippen molar-refractivity contribution >= 4 is 17.2 Å². The summed E-state index contributed by atoms with van der Waals surface area (Å²) in [5, 5.41) is 9.25. The normalized spacial score (nSPS) is 22.6. The molecule has 1 aromatic rings. The Labute approximate surface area is 117 Å². The Morgan fingerprint density at radius 3 is 3.11 bits per heavy atom. The van der Waals surface area contributed by atoms with Crippen LogP contribution >= 0.6 is 11.3 Å². The number of aryl methyl sites for hydroxylation is 1. The minimum absolute atomic E-state index is 0.0546. The van der Waals surface area contributed by atoms with Gasteiger partial charge in [-0.1, -0.05) is 6.92 Å². The van der Waals surface area contributed by atoms with Crippen molar-refractivity contribution in [1.29, 1.82) is 0 Å². The lowest BCUT2D eigenvalue weighted by molar-refractivity contribution is -0.125. The Kier molecular flexibility index (Phi) is 5.30. The van der Waals surface area contributed by atoms with Crippen molar-refractivity contribution in [3.8, 4) is 0 Å². The predicted molar refractivity (Wildman–Crippen MR) is 75.1 cm³/mol. The molecule has 0 aromatic carbocycles. The van der Waals surface area contributed by atoms with E-state index in [0.29, 0.717) is 19.8 Å². The molecule has 5 nitrogen and oxygen atoms in total. The molecule has 1 saturated heterocycles. The number of nitrogens with one attached hydrogen (secondary N) is 2. The molecule has 0 aliphatic carbocycles. The van der Waals surface area contributed by atoms with Gasteiger partial charge in [-0.3, -0.25) is 4.79 Å². The second kappa shape index (κ2) is 6.98. The van der Waals surface area contributed by atoms with Crippen LogP contribution < -0.4 is 10.6 Å². The van der Waals surface area contributed by atoms with E-state index in [4.69, 9.17) is 4.74 Å². The molecular formula is C13H21N3O2S. The number of hydrogen-bond donors (Lipinski definition) is 2. The summed E-state index contributed by atoms with van der Waals surface area (Å²) in [5.41, 5.74) is 1.00. The zero-order valence-corrected chi connectivity index (χ0v) is 12.3. The summed E-state index contributed by atoms with van der Waals surface area (Å²) < 4.78 is 5.41. The molecule has 19 heavy (non-hydrogen) atoms. The van der Waals surface area contributed by atoms with Gasteiger partial charge in [-0.15, -0.1) is 11.3 Å². The fourth-order valence-corrected chi connectivity index (χ4v) is 2.83. The molecule has 106 valence electrons. The summed E-state index contributed by atoms with van der Waals surface area (Å²) in [4.78, 5) is 16.5. The second-order valence-electron chi connectivity index (χ2n) is 4.80. The minimum Gasteiger partial charge on any atom is -0.379 e. The van der Waals surface area contributed by atoms with E-state index in [1.807, 2.05) is 12.3 Å². The average Bonchev–Trinajstić information content (AvgIpc) is 3.02. The number of nitrogens with zero attached hydrogens (tertiary/aromatic N) is 1. The van der Waals surface area contributed by atoms with Crippen molar-refractivity contribution in [2.24, 2.45) is 5.92 Å². The number of ether oxygens (including phenoxy) is 1. The minimum atomic E-state index is -0.0902. The molecule has 2 rings (SSSR count). The molecule has 2 heterocycles. The molecule has 0 bridgehead atoms. The lowest BCUT2D eigenvalue weighted by Gasteiger charge is -2.18. The van der Waals surface area contributed by atoms with Crippen molar-refractivity contribution < 1.29 is 9.53 Å². The highest BCUT2D eigenvalue weighted by Crippen LogP contribution is 2.15. The van der Waals surface area contributed by atoms with Crippen LogP contribution in [0.2, 0.25) is 0 Å². The van der Waals surface area contributed by atoms with Crippen LogP contribution in [0.25, 0.3) is 0 Å². The van der Waals surface area contributed by atoms with E-state index >= 15 is 0 Å². The van der Waals surface area contributed by atoms with E-state index in [2.05, 4.69) is 22.5 Å². The van der Waals surface area contributed by atoms with E-state index < -0.39 is 0 Å². The molecule has 2 unspecified atom stereocenters. The fraction of sp³-hybridized carbons (Fsp3) is 0.692. The summed E-state index contributed by atoms with van der Waals surface area (Å²) >= 11 is 1.58. The molecule has 2 atom stereocenters. The van der Waals surface area contributed by atoms with Gasteiger partial charge in [0.15, 0.2) is 0 Å². The Balaban J connectivity index is 1.81. The highest BCUT2D eigenvalue weighted by molar-refractivity contribution is 7.09. The quantitative estimate of drug-likeness (QED) is 0.820. The standard InChI is InChI=1S/C13H21N3O2S/c1-3-4-14-11-7-18-6-10(11)13(17)15-5-12-16-9(2)8-19-12/h8,10-11,14H,3-7H2,1-2H3,(H,15,17). The molecule has 1 aromatic heterocycles. The highest BCUT2D eigenvalue weighted by Gasteiger charge is 2.33. The van der Waals surface area contributed by atoms with Crippen molar-refractivity contribution in [2.75, 3.05) is 19.8 Å². The number of rotatable bonds is 6. The van der Waals surface area contributed by atoms with Gasteiger partial charge in [0, 0.05) is 17.1 Å². The number of aromatic nitrogens is 1. The molecule has 2 N–H and O–H groups in total. The molecular weight excluding hydrogens is 262 g/mol. The third-order valence-electron chi connectivity index (χ3n) is 3.15. The van der Waals surface area contributed by atoms with Gasteiger partial charge < -0.3 is 15.4 Å². The van der Waals surface area contributed by atoms with Crippen LogP contribution in [0, 0.1) is 12.8 Å². The van der Waals surface area contributed by atoms with Crippen LogP contribution in [0.3, 0.4) is 0 Å². The average molecular weight is 283 g/mol. The van der Waals surface area contributed by atoms with Gasteiger partial charge in [-0.05, 0) is 19.9 Å². The molecule has 0 spiro atoms. The number of carbonyl (C=O) groups excluding carboxylic acids is 1. The Morgan fingerprint density at radius 1 is 1.58 bits per heavy atom. The largest absolute Gasteiger partial charge is 0.379 e. The Hall–Kier alpha value is -0.980. The first-order valence-corrected chi connectivity index (χ1v) is 7.58. The van der Waals surface area contributed by atoms with Gasteiger partial charge in [0.2, 0.25) is 5.91 Å². The second-order valence-corrected chi connectivity index (χ2v) is 5.75. The maximum atomic E-state index is 12.1. The van der Waals surface area contributed by atoms with Crippen LogP contribution in [-0.2, 0) is 16.1 Å². The third kappa shape index (κ3) is 3.99. The van der Waals surface area contributed by atoms with Crippen molar-refractivity contribution in [2.45, 2.75) is 32.9 Å². The summed E-state index contributed by atoms with van der Waals surface area (Å²) in [6, 6.07) is 0.137. The Morgan fingerprint density at radius 2 is 2.42 bits per heavy atom. The molecule has 1 aliphatic heterocycles. The van der Waals surface area contributed by atoms with E-state index in [1.54, 1.807) is 11.3 Å². The van der Waals surface area contributed by atoms with E-state index in [9.17, 15) is 4.79 Å². The van der Waals surface area contributed by atoms with Gasteiger partial charge in [0.25, 0.3) is 0 Å². The van der Waals surface area contributed by atoms with Gasteiger partial charge in [0.1, 0.15) is 5.01 Å². The van der Waals surface area contributed by atoms with Crippen LogP contribution in [-0.4, -0.2) is 36.7 Å². The van der Waals surface area contributed by atoms with Crippen LogP contribution in [0.1, 0.15) is 24.0 Å². The SMILES string of the molecule is CCCNC1COCC1C(=O)NCc1nc(C)cs1. The van der Waals surface area contributed by atoms with Gasteiger partial charge >= 0.3 is 0 Å². The zero-order valence-electron chi connectivity index (χ0n) is 11.4. The smallest absolute Gasteiger partial charge is 0.227 e. The first-order chi connectivity index (χ1) is 9.20. The maximum Gasteiger partial charge on any atom is 0.227 e. The fourth-order valence-electron chi connectivity index (χ4n) is 2.12. The summed E-state index contributed by atoms with van der Waals surface area (Å²) in [5.74, 6) is -0.0356. The molecule has 1 fully saturated rings. The number of carbonyl (C=O) groups is 1. The molecule has 0 saturated carbocycles. The Bertz CT molecular complexity index is 422. The topological polar surface area (TPSA) is 63.2 Å². The molecule has 1 aliphatic rings. The van der Waals surface area contributed by atoms with Gasteiger partial charge in [-0.2, -0.15) is 0 Å². The van der Waals surface area contributed by atoms with Crippen molar-refractivity contribution in [3.05, 3.63) is 16.1 Å². The first-order valence-electron chi connectivity index (χ1n) is 6.70. The molecule has 0 radical (unpaired) electrons. The predicted octanol–water partition coefficient (Wildman–Crippen LogP) is 1.08. The first kappa shape index (κ1) is 14.4. The lowest BCUT2D eigenvalue weighted by Crippen LogP contribution is -2.44. The summed E-state index contributed by atoms with van der Waals surface area (Å²) in [6.07, 6.45) is 1.06. The highest BCUT2D eigenvalue weighted by atomic mass is 32.1. The van der Waals surface area contributed by atoms with Gasteiger partial charge in [-0.25, -0.2) is 4.98 Å². The van der Waals surface area contributed by atoms with E-state index in [1.165, 1.54) is 0 Å². The lowest BCUT2D eigenvalue weighted by atomic mass is 10.0. The van der Waals surface area contributed by atoms with Crippen molar-refractivity contribution in [1.82, 2.24) is 15.6 Å². The summed E-state index contributed by atoms with van der Waals surface area (Å²) in [7, 11) is 0. The number of hydrogen-bond acceptors (Lipinski definition) is 5. The number of amides is 1. The van der Waals surface area contributed by atoms with Crippen LogP contribution in [0.5, 0.6) is 0 Å². The zero-order chi connectivity index (χ0) is 13.7. The monoisotopic (exact) mass is 283 g/mol. The van der Waals surface area contributed by atoms with Crippen LogP contribution in [0.4, 0.5) is 0 Å². The maximum absolute atomic E-state index is 12.1. The third-order valence-corrected chi connectivity index (χ3v) is 4.12.